The predicted octanol–water partition coefficient (Wildman–Crippen LogP) is 2.31. The molecule has 0 amide bonds. The van der Waals surface area contributed by atoms with Gasteiger partial charge in [0.05, 0.1) is 31.7 Å². The van der Waals surface area contributed by atoms with Gasteiger partial charge in [0.2, 0.25) is 0 Å². The first kappa shape index (κ1) is 17.7. The molecule has 0 atom stereocenters. The minimum Gasteiger partial charge on any atom is -1.00 e. The molecule has 0 N–H and O–H groups in total. The number of Topliss-reactive ketones (excluding diaryl/α,β-unsaturated/α-hetero) is 1. The molecule has 0 saturated heterocycles. The summed E-state index contributed by atoms with van der Waals surface area (Å²) in [6.45, 7) is 3.84. The Kier molecular flexibility index (Phi) is 5.97. The maximum atomic E-state index is 12.4. The van der Waals surface area contributed by atoms with Crippen molar-refractivity contribution in [3.05, 3.63) is 71.7 Å². The number of thioether (sulfide) groups is 1. The Morgan fingerprint density at radius 1 is 0.957 bits per heavy atom. The zero-order valence-corrected chi connectivity index (χ0v) is 15.4. The Balaban J connectivity index is 0.00000192. The van der Waals surface area contributed by atoms with Crippen molar-refractivity contribution in [1.82, 2.24) is 0 Å². The number of aryl methyl sites for hydroxylation is 2. The maximum absolute atomic E-state index is 12.4. The highest BCUT2D eigenvalue weighted by Gasteiger charge is 2.11. The summed E-state index contributed by atoms with van der Waals surface area (Å²) in [7, 11) is 0. The molecule has 2 nitrogen and oxygen atoms in total. The summed E-state index contributed by atoms with van der Waals surface area (Å²) in [6, 6.07) is 17.9. The van der Waals surface area contributed by atoms with Gasteiger partial charge in [-0.25, -0.2) is 4.42 Å². The summed E-state index contributed by atoms with van der Waals surface area (Å²) in [4.78, 5) is 13.5. The summed E-state index contributed by atoms with van der Waals surface area (Å²) in [5.74, 6) is 2.30. The first-order valence-corrected chi connectivity index (χ1v) is 8.16. The molecule has 23 heavy (non-hydrogen) atoms. The van der Waals surface area contributed by atoms with Gasteiger partial charge in [-0.05, 0) is 16.8 Å². The van der Waals surface area contributed by atoms with Gasteiger partial charge in [-0.15, -0.1) is 11.8 Å². The molecule has 0 fully saturated rings. The molecule has 0 radical (unpaired) electrons. The van der Waals surface area contributed by atoms with Gasteiger partial charge in [-0.3, -0.25) is 4.79 Å². The number of fused-ring (bicyclic) bond motifs is 1. The van der Waals surface area contributed by atoms with Crippen molar-refractivity contribution >= 4 is 28.3 Å². The monoisotopic (exact) mass is 388 g/mol. The Hall–Kier alpha value is -1.65. The van der Waals surface area contributed by atoms with Crippen molar-refractivity contribution in [2.24, 2.45) is 0 Å². The number of hydrogen-bond donors (Lipinski definition) is 0. The zero-order chi connectivity index (χ0) is 15.5. The number of halogens is 1. The fourth-order valence-electron chi connectivity index (χ4n) is 2.43. The van der Waals surface area contributed by atoms with Crippen molar-refractivity contribution in [3.8, 4) is 0 Å². The topological polar surface area (TPSA) is 28.4 Å². The number of carbonyl (C=O) groups excluding carboxylic acids is 1. The average Bonchev–Trinajstić information content (AvgIpc) is 2.51. The molecular weight excluding hydrogens is 372 g/mol. The van der Waals surface area contributed by atoms with Crippen molar-refractivity contribution in [1.29, 1.82) is 0 Å². The van der Waals surface area contributed by atoms with Crippen LogP contribution in [-0.4, -0.2) is 11.5 Å². The van der Waals surface area contributed by atoms with Crippen LogP contribution in [0.1, 0.15) is 21.9 Å². The maximum Gasteiger partial charge on any atom is 0.327 e. The third-order valence-corrected chi connectivity index (χ3v) is 4.43. The van der Waals surface area contributed by atoms with Gasteiger partial charge in [0.1, 0.15) is 0 Å². The molecule has 0 spiro atoms. The molecule has 0 bridgehead atoms. The van der Waals surface area contributed by atoms with E-state index in [0.29, 0.717) is 5.75 Å². The van der Waals surface area contributed by atoms with E-state index in [1.165, 1.54) is 0 Å². The van der Waals surface area contributed by atoms with Gasteiger partial charge >= 0.3 is 11.5 Å². The lowest BCUT2D eigenvalue weighted by molar-refractivity contribution is -0.0000129. The second kappa shape index (κ2) is 7.75. The van der Waals surface area contributed by atoms with Crippen molar-refractivity contribution in [2.45, 2.75) is 18.7 Å². The Bertz CT molecular complexity index is 825. The molecular formula is C19H17BrO2S. The molecule has 118 valence electrons. The lowest BCUT2D eigenvalue weighted by Gasteiger charge is -2.03. The van der Waals surface area contributed by atoms with E-state index in [0.717, 1.165) is 32.8 Å². The van der Waals surface area contributed by atoms with Crippen molar-refractivity contribution < 1.29 is 26.2 Å². The summed E-state index contributed by atoms with van der Waals surface area (Å²) >= 11 is 1.55. The number of carbonyl (C=O) groups is 1. The average molecular weight is 389 g/mol. The molecule has 0 saturated carbocycles. The smallest absolute Gasteiger partial charge is 0.327 e. The number of benzene rings is 2. The van der Waals surface area contributed by atoms with E-state index in [9.17, 15) is 4.79 Å². The van der Waals surface area contributed by atoms with Gasteiger partial charge in [0.25, 0.3) is 0 Å². The van der Waals surface area contributed by atoms with Gasteiger partial charge in [-0.1, -0.05) is 36.4 Å². The Morgan fingerprint density at radius 3 is 2.30 bits per heavy atom. The molecule has 0 aliphatic rings. The molecule has 1 aromatic heterocycles. The SMILES string of the molecule is Cc1cc(SCC(=O)c2ccc3ccccc3c2)cc(C)[o+]1.[Br-]. The fraction of sp³-hybridized carbons (Fsp3) is 0.158. The molecule has 0 aliphatic heterocycles. The van der Waals surface area contributed by atoms with Crippen molar-refractivity contribution in [3.63, 3.8) is 0 Å². The summed E-state index contributed by atoms with van der Waals surface area (Å²) in [5, 5.41) is 2.26. The van der Waals surface area contributed by atoms with E-state index < -0.39 is 0 Å². The van der Waals surface area contributed by atoms with E-state index in [2.05, 4.69) is 6.07 Å². The van der Waals surface area contributed by atoms with Gasteiger partial charge in [-0.2, -0.15) is 0 Å². The largest absolute Gasteiger partial charge is 1.00 e. The Labute approximate surface area is 150 Å². The summed E-state index contributed by atoms with van der Waals surface area (Å²) < 4.78 is 5.46. The molecule has 3 rings (SSSR count). The number of rotatable bonds is 4. The van der Waals surface area contributed by atoms with E-state index >= 15 is 0 Å². The van der Waals surface area contributed by atoms with Gasteiger partial charge < -0.3 is 17.0 Å². The second-order valence-electron chi connectivity index (χ2n) is 5.29. The van der Waals surface area contributed by atoms with E-state index in [4.69, 9.17) is 4.42 Å². The van der Waals surface area contributed by atoms with Gasteiger partial charge in [0, 0.05) is 10.5 Å². The van der Waals surface area contributed by atoms with Crippen LogP contribution in [0.3, 0.4) is 0 Å². The van der Waals surface area contributed by atoms with Crippen LogP contribution >= 0.6 is 11.8 Å². The highest BCUT2D eigenvalue weighted by molar-refractivity contribution is 8.00. The van der Waals surface area contributed by atoms with E-state index in [1.807, 2.05) is 62.4 Å². The zero-order valence-electron chi connectivity index (χ0n) is 13.0. The van der Waals surface area contributed by atoms with Crippen molar-refractivity contribution in [2.75, 3.05) is 5.75 Å². The standard InChI is InChI=1S/C19H17O2S.BrH/c1-13-9-18(10-14(2)21-13)22-12-19(20)17-8-7-15-5-3-4-6-16(15)11-17;/h3-11H,12H2,1-2H3;1H/q+1;/p-1. The van der Waals surface area contributed by atoms with Crippen LogP contribution in [0, 0.1) is 13.8 Å². The summed E-state index contributed by atoms with van der Waals surface area (Å²) in [5.41, 5.74) is 0.764. The van der Waals surface area contributed by atoms with Crippen LogP contribution < -0.4 is 17.0 Å². The normalized spacial score (nSPS) is 10.3. The first-order valence-electron chi connectivity index (χ1n) is 7.18. The molecule has 2 aromatic carbocycles. The van der Waals surface area contributed by atoms with Crippen LogP contribution in [0.5, 0.6) is 0 Å². The molecule has 4 heteroatoms. The van der Waals surface area contributed by atoms with E-state index in [1.54, 1.807) is 11.8 Å². The van der Waals surface area contributed by atoms with Gasteiger partial charge in [0.15, 0.2) is 5.78 Å². The first-order chi connectivity index (χ1) is 10.6. The second-order valence-corrected chi connectivity index (χ2v) is 6.34. The van der Waals surface area contributed by atoms with Crippen LogP contribution in [0.4, 0.5) is 0 Å². The lowest BCUT2D eigenvalue weighted by atomic mass is 10.1. The Morgan fingerprint density at radius 2 is 1.61 bits per heavy atom. The quantitative estimate of drug-likeness (QED) is 0.390. The van der Waals surface area contributed by atoms with Crippen LogP contribution in [0.15, 0.2) is 63.9 Å². The predicted molar refractivity (Wildman–Crippen MR) is 91.6 cm³/mol. The van der Waals surface area contributed by atoms with E-state index in [-0.39, 0.29) is 22.8 Å². The highest BCUT2D eigenvalue weighted by Crippen LogP contribution is 2.23. The lowest BCUT2D eigenvalue weighted by Crippen LogP contribution is -3.00. The minimum absolute atomic E-state index is 0. The highest BCUT2D eigenvalue weighted by atomic mass is 79.9. The van der Waals surface area contributed by atoms with Crippen LogP contribution in [0.25, 0.3) is 10.8 Å². The molecule has 1 heterocycles. The van der Waals surface area contributed by atoms with Crippen LogP contribution in [0.2, 0.25) is 0 Å². The van der Waals surface area contributed by atoms with Crippen LogP contribution in [-0.2, 0) is 0 Å². The fourth-order valence-corrected chi connectivity index (χ4v) is 3.40. The molecule has 0 unspecified atom stereocenters. The third-order valence-electron chi connectivity index (χ3n) is 3.45. The number of hydrogen-bond acceptors (Lipinski definition) is 2. The molecule has 3 aromatic rings. The third kappa shape index (κ3) is 4.43. The minimum atomic E-state index is 0. The molecule has 0 aliphatic carbocycles. The number of ketones is 1. The summed E-state index contributed by atoms with van der Waals surface area (Å²) in [6.07, 6.45) is 0.